The van der Waals surface area contributed by atoms with Gasteiger partial charge in [0.1, 0.15) is 6.79 Å². The molecule has 0 spiro atoms. The number of primary amides is 1. The zero-order chi connectivity index (χ0) is 11.3. The summed E-state index contributed by atoms with van der Waals surface area (Å²) in [6, 6.07) is 0. The molecule has 1 heterocycles. The van der Waals surface area contributed by atoms with E-state index < -0.39 is 5.41 Å². The van der Waals surface area contributed by atoms with Crippen molar-refractivity contribution in [2.75, 3.05) is 26.5 Å². The van der Waals surface area contributed by atoms with E-state index in [1.54, 1.807) is 0 Å². The van der Waals surface area contributed by atoms with Crippen LogP contribution in [-0.4, -0.2) is 38.5 Å². The highest BCUT2D eigenvalue weighted by molar-refractivity contribution is 5.80. The molecule has 0 aromatic heterocycles. The molecule has 1 aliphatic rings. The largest absolute Gasteiger partial charge is 0.369 e. The predicted molar refractivity (Wildman–Crippen MR) is 56.2 cm³/mol. The van der Waals surface area contributed by atoms with Crippen LogP contribution in [0.2, 0.25) is 0 Å². The molecule has 1 saturated heterocycles. The fraction of sp³-hybridized carbons (Fsp3) is 0.900. The van der Waals surface area contributed by atoms with Crippen molar-refractivity contribution in [2.24, 2.45) is 11.1 Å². The Morgan fingerprint density at radius 1 is 1.60 bits per heavy atom. The van der Waals surface area contributed by atoms with Crippen molar-refractivity contribution in [2.45, 2.75) is 26.4 Å². The molecule has 1 unspecified atom stereocenters. The molecule has 0 aliphatic carbocycles. The van der Waals surface area contributed by atoms with Gasteiger partial charge in [0.25, 0.3) is 0 Å². The van der Waals surface area contributed by atoms with Gasteiger partial charge in [-0.3, -0.25) is 4.79 Å². The van der Waals surface area contributed by atoms with Gasteiger partial charge in [-0.05, 0) is 20.3 Å². The second-order valence-corrected chi connectivity index (χ2v) is 4.48. The number of nitrogens with one attached hydrogen (secondary N) is 1. The third-order valence-electron chi connectivity index (χ3n) is 2.58. The normalized spacial score (nSPS) is 22.7. The van der Waals surface area contributed by atoms with E-state index in [2.05, 4.69) is 5.32 Å². The molecule has 1 aliphatic heterocycles. The van der Waals surface area contributed by atoms with Gasteiger partial charge in [-0.1, -0.05) is 0 Å². The third kappa shape index (κ3) is 4.15. The highest BCUT2D eigenvalue weighted by Crippen LogP contribution is 2.12. The van der Waals surface area contributed by atoms with Gasteiger partial charge in [0, 0.05) is 13.1 Å². The summed E-state index contributed by atoms with van der Waals surface area (Å²) in [6.45, 7) is 6.07. The molecule has 1 fully saturated rings. The molecule has 0 aromatic carbocycles. The average Bonchev–Trinajstić information content (AvgIpc) is 2.19. The Hall–Kier alpha value is -0.650. The molecule has 0 saturated carbocycles. The summed E-state index contributed by atoms with van der Waals surface area (Å²) < 4.78 is 10.4. The summed E-state index contributed by atoms with van der Waals surface area (Å²) in [5, 5.41) is 3.20. The van der Waals surface area contributed by atoms with Crippen LogP contribution in [0.15, 0.2) is 0 Å². The van der Waals surface area contributed by atoms with Gasteiger partial charge in [-0.15, -0.1) is 0 Å². The van der Waals surface area contributed by atoms with E-state index in [9.17, 15) is 4.79 Å². The van der Waals surface area contributed by atoms with Crippen LogP contribution in [0.25, 0.3) is 0 Å². The molecule has 5 nitrogen and oxygen atoms in total. The maximum absolute atomic E-state index is 11.0. The average molecular weight is 216 g/mol. The van der Waals surface area contributed by atoms with Gasteiger partial charge in [-0.2, -0.15) is 0 Å². The molecular weight excluding hydrogens is 196 g/mol. The first-order valence-corrected chi connectivity index (χ1v) is 5.22. The number of hydrogen-bond donors (Lipinski definition) is 2. The molecule has 3 N–H and O–H groups in total. The van der Waals surface area contributed by atoms with Crippen LogP contribution < -0.4 is 11.1 Å². The number of hydrogen-bond acceptors (Lipinski definition) is 4. The zero-order valence-corrected chi connectivity index (χ0v) is 9.41. The van der Waals surface area contributed by atoms with Gasteiger partial charge in [0.2, 0.25) is 5.91 Å². The smallest absolute Gasteiger partial charge is 0.224 e. The van der Waals surface area contributed by atoms with Crippen molar-refractivity contribution in [3.63, 3.8) is 0 Å². The van der Waals surface area contributed by atoms with E-state index in [-0.39, 0.29) is 12.0 Å². The molecule has 88 valence electrons. The molecule has 0 radical (unpaired) electrons. The maximum Gasteiger partial charge on any atom is 0.224 e. The van der Waals surface area contributed by atoms with E-state index in [4.69, 9.17) is 15.2 Å². The molecule has 5 heteroatoms. The van der Waals surface area contributed by atoms with Gasteiger partial charge in [-0.25, -0.2) is 0 Å². The number of ether oxygens (including phenoxy) is 2. The lowest BCUT2D eigenvalue weighted by molar-refractivity contribution is -0.138. The van der Waals surface area contributed by atoms with Crippen molar-refractivity contribution in [3.8, 4) is 0 Å². The zero-order valence-electron chi connectivity index (χ0n) is 9.41. The minimum Gasteiger partial charge on any atom is -0.369 e. The fourth-order valence-electron chi connectivity index (χ4n) is 1.30. The molecule has 0 bridgehead atoms. The summed E-state index contributed by atoms with van der Waals surface area (Å²) >= 11 is 0. The van der Waals surface area contributed by atoms with Gasteiger partial charge < -0.3 is 20.5 Å². The van der Waals surface area contributed by atoms with Gasteiger partial charge in [0.05, 0.1) is 18.1 Å². The Kier molecular flexibility index (Phi) is 4.50. The van der Waals surface area contributed by atoms with Gasteiger partial charge >= 0.3 is 0 Å². The lowest BCUT2D eigenvalue weighted by atomic mass is 9.93. The number of carbonyl (C=O) groups excluding carboxylic acids is 1. The van der Waals surface area contributed by atoms with Crippen molar-refractivity contribution in [1.29, 1.82) is 0 Å². The van der Waals surface area contributed by atoms with Gasteiger partial charge in [0.15, 0.2) is 0 Å². The summed E-state index contributed by atoms with van der Waals surface area (Å²) in [4.78, 5) is 11.0. The highest BCUT2D eigenvalue weighted by atomic mass is 16.7. The SMILES string of the molecule is CC(C)(CNCC1CCOCO1)C(N)=O. The van der Waals surface area contributed by atoms with Crippen LogP contribution in [0, 0.1) is 5.41 Å². The van der Waals surface area contributed by atoms with E-state index in [0.29, 0.717) is 13.3 Å². The van der Waals surface area contributed by atoms with Crippen LogP contribution >= 0.6 is 0 Å². The van der Waals surface area contributed by atoms with Crippen LogP contribution in [0.4, 0.5) is 0 Å². The Bertz CT molecular complexity index is 213. The molecule has 1 atom stereocenters. The molecule has 15 heavy (non-hydrogen) atoms. The van der Waals surface area contributed by atoms with Crippen LogP contribution in [0.3, 0.4) is 0 Å². The number of carbonyl (C=O) groups is 1. The minimum atomic E-state index is -0.509. The summed E-state index contributed by atoms with van der Waals surface area (Å²) in [5.41, 5.74) is 4.75. The van der Waals surface area contributed by atoms with Crippen molar-refractivity contribution >= 4 is 5.91 Å². The summed E-state index contributed by atoms with van der Waals surface area (Å²) in [5.74, 6) is -0.289. The standard InChI is InChI=1S/C10H20N2O3/c1-10(2,9(11)13)6-12-5-8-3-4-14-7-15-8/h8,12H,3-7H2,1-2H3,(H2,11,13). The fourth-order valence-corrected chi connectivity index (χ4v) is 1.30. The Morgan fingerprint density at radius 3 is 2.87 bits per heavy atom. The molecule has 1 amide bonds. The second-order valence-electron chi connectivity index (χ2n) is 4.48. The summed E-state index contributed by atoms with van der Waals surface area (Å²) in [6.07, 6.45) is 1.08. The lowest BCUT2D eigenvalue weighted by Gasteiger charge is -2.26. The van der Waals surface area contributed by atoms with Crippen LogP contribution in [-0.2, 0) is 14.3 Å². The van der Waals surface area contributed by atoms with E-state index in [1.165, 1.54) is 0 Å². The number of amides is 1. The van der Waals surface area contributed by atoms with E-state index in [0.717, 1.165) is 19.6 Å². The maximum atomic E-state index is 11.0. The quantitative estimate of drug-likeness (QED) is 0.670. The van der Waals surface area contributed by atoms with E-state index >= 15 is 0 Å². The first-order valence-electron chi connectivity index (χ1n) is 5.22. The number of rotatable bonds is 5. The van der Waals surface area contributed by atoms with Crippen molar-refractivity contribution in [1.82, 2.24) is 5.32 Å². The van der Waals surface area contributed by atoms with Crippen LogP contribution in [0.5, 0.6) is 0 Å². The first-order chi connectivity index (χ1) is 7.02. The molecular formula is C10H20N2O3. The van der Waals surface area contributed by atoms with Crippen LogP contribution in [0.1, 0.15) is 20.3 Å². The van der Waals surface area contributed by atoms with Crippen molar-refractivity contribution < 1.29 is 14.3 Å². The first kappa shape index (κ1) is 12.4. The highest BCUT2D eigenvalue weighted by Gasteiger charge is 2.25. The van der Waals surface area contributed by atoms with E-state index in [1.807, 2.05) is 13.8 Å². The second kappa shape index (κ2) is 5.44. The minimum absolute atomic E-state index is 0.183. The lowest BCUT2D eigenvalue weighted by Crippen LogP contribution is -2.43. The molecule has 1 rings (SSSR count). The monoisotopic (exact) mass is 216 g/mol. The topological polar surface area (TPSA) is 73.6 Å². The Labute approximate surface area is 90.3 Å². The predicted octanol–water partition coefficient (Wildman–Crippen LogP) is -0.149. The molecule has 0 aromatic rings. The number of nitrogens with two attached hydrogens (primary N) is 1. The van der Waals surface area contributed by atoms with Crippen molar-refractivity contribution in [3.05, 3.63) is 0 Å². The Balaban J connectivity index is 2.17. The summed E-state index contributed by atoms with van der Waals surface area (Å²) in [7, 11) is 0. The third-order valence-corrected chi connectivity index (χ3v) is 2.58. The Morgan fingerprint density at radius 2 is 2.33 bits per heavy atom.